The zero-order chi connectivity index (χ0) is 9.35. The Bertz CT molecular complexity index is 185. The Balaban J connectivity index is 2.42. The number of carboxylic acids is 1. The Morgan fingerprint density at radius 3 is 2.42 bits per heavy atom. The average Bonchev–Trinajstić information content (AvgIpc) is 2.65. The van der Waals surface area contributed by atoms with E-state index in [1.165, 1.54) is 12.8 Å². The summed E-state index contributed by atoms with van der Waals surface area (Å²) in [5.41, 5.74) is -0.790. The number of rotatable bonds is 4. The molecule has 0 radical (unpaired) electrons. The largest absolute Gasteiger partial charge is 0.480 e. The van der Waals surface area contributed by atoms with Gasteiger partial charge in [0.2, 0.25) is 0 Å². The van der Waals surface area contributed by atoms with Crippen molar-refractivity contribution >= 4 is 5.97 Å². The van der Waals surface area contributed by atoms with Crippen LogP contribution >= 0.6 is 0 Å². The first kappa shape index (κ1) is 9.52. The van der Waals surface area contributed by atoms with Crippen LogP contribution in [0.15, 0.2) is 0 Å². The second-order valence-corrected chi connectivity index (χ2v) is 4.20. The molecule has 0 heterocycles. The Morgan fingerprint density at radius 1 is 1.58 bits per heavy atom. The second kappa shape index (κ2) is 3.05. The number of hydrogen-bond donors (Lipinski definition) is 2. The molecule has 0 aliphatic heterocycles. The van der Waals surface area contributed by atoms with Crippen molar-refractivity contribution in [1.82, 2.24) is 5.32 Å². The van der Waals surface area contributed by atoms with Crippen LogP contribution in [-0.4, -0.2) is 22.7 Å². The van der Waals surface area contributed by atoms with Gasteiger partial charge in [-0.2, -0.15) is 0 Å². The molecule has 0 saturated heterocycles. The molecule has 0 aromatic heterocycles. The van der Waals surface area contributed by atoms with Crippen molar-refractivity contribution in [2.24, 2.45) is 5.92 Å². The minimum atomic E-state index is -0.790. The molecule has 2 N–H and O–H groups in total. The van der Waals surface area contributed by atoms with Gasteiger partial charge in [-0.3, -0.25) is 10.1 Å². The number of hydrogen-bond acceptors (Lipinski definition) is 2. The summed E-state index contributed by atoms with van der Waals surface area (Å²) in [6.07, 6.45) is 2.48. The SMILES string of the molecule is CC(NC(C)(C)C(=O)O)C1CC1. The van der Waals surface area contributed by atoms with Gasteiger partial charge in [-0.1, -0.05) is 0 Å². The van der Waals surface area contributed by atoms with Crippen molar-refractivity contribution in [3.8, 4) is 0 Å². The normalized spacial score (nSPS) is 20.6. The molecule has 0 amide bonds. The fraction of sp³-hybridized carbons (Fsp3) is 0.889. The van der Waals surface area contributed by atoms with Crippen LogP contribution in [0.5, 0.6) is 0 Å². The number of carboxylic acid groups (broad SMARTS) is 1. The number of nitrogens with one attached hydrogen (secondary N) is 1. The van der Waals surface area contributed by atoms with Crippen LogP contribution in [0, 0.1) is 5.92 Å². The third-order valence-electron chi connectivity index (χ3n) is 2.45. The minimum Gasteiger partial charge on any atom is -0.480 e. The molecule has 0 aromatic rings. The molecule has 1 aliphatic rings. The van der Waals surface area contributed by atoms with Gasteiger partial charge in [0.05, 0.1) is 0 Å². The first-order valence-corrected chi connectivity index (χ1v) is 4.44. The number of aliphatic carboxylic acids is 1. The topological polar surface area (TPSA) is 49.3 Å². The summed E-state index contributed by atoms with van der Waals surface area (Å²) < 4.78 is 0. The summed E-state index contributed by atoms with van der Waals surface area (Å²) in [6, 6.07) is 0.330. The predicted octanol–water partition coefficient (Wildman–Crippen LogP) is 1.24. The van der Waals surface area contributed by atoms with Crippen LogP contribution in [0.4, 0.5) is 0 Å². The van der Waals surface area contributed by atoms with Crippen LogP contribution in [0.25, 0.3) is 0 Å². The van der Waals surface area contributed by atoms with Gasteiger partial charge in [0.15, 0.2) is 0 Å². The first-order valence-electron chi connectivity index (χ1n) is 4.44. The van der Waals surface area contributed by atoms with E-state index in [1.54, 1.807) is 13.8 Å². The maximum atomic E-state index is 10.7. The lowest BCUT2D eigenvalue weighted by Gasteiger charge is -2.25. The van der Waals surface area contributed by atoms with Crippen LogP contribution in [0.2, 0.25) is 0 Å². The fourth-order valence-electron chi connectivity index (χ4n) is 1.34. The smallest absolute Gasteiger partial charge is 0.323 e. The third-order valence-corrected chi connectivity index (χ3v) is 2.45. The Labute approximate surface area is 73.2 Å². The van der Waals surface area contributed by atoms with E-state index in [0.717, 1.165) is 0 Å². The quantitative estimate of drug-likeness (QED) is 0.669. The molecule has 12 heavy (non-hydrogen) atoms. The molecule has 1 rings (SSSR count). The molecule has 3 nitrogen and oxygen atoms in total. The molecule has 70 valence electrons. The van der Waals surface area contributed by atoms with E-state index in [2.05, 4.69) is 12.2 Å². The summed E-state index contributed by atoms with van der Waals surface area (Å²) in [4.78, 5) is 10.7. The molecule has 0 aromatic carbocycles. The van der Waals surface area contributed by atoms with Crippen LogP contribution in [0.1, 0.15) is 33.6 Å². The monoisotopic (exact) mass is 171 g/mol. The van der Waals surface area contributed by atoms with Crippen molar-refractivity contribution in [2.45, 2.75) is 45.2 Å². The van der Waals surface area contributed by atoms with Crippen molar-refractivity contribution in [1.29, 1.82) is 0 Å². The molecular weight excluding hydrogens is 154 g/mol. The highest BCUT2D eigenvalue weighted by Gasteiger charge is 2.34. The Hall–Kier alpha value is -0.570. The standard InChI is InChI=1S/C9H17NO2/c1-6(7-4-5-7)10-9(2,3)8(11)12/h6-7,10H,4-5H2,1-3H3,(H,11,12). The van der Waals surface area contributed by atoms with Gasteiger partial charge in [0, 0.05) is 6.04 Å². The molecule has 1 saturated carbocycles. The molecule has 1 unspecified atom stereocenters. The van der Waals surface area contributed by atoms with Gasteiger partial charge in [0.25, 0.3) is 0 Å². The zero-order valence-corrected chi connectivity index (χ0v) is 7.92. The zero-order valence-electron chi connectivity index (χ0n) is 7.92. The van der Waals surface area contributed by atoms with Gasteiger partial charge < -0.3 is 5.11 Å². The van der Waals surface area contributed by atoms with Gasteiger partial charge in [-0.05, 0) is 39.5 Å². The summed E-state index contributed by atoms with van der Waals surface area (Å²) in [5, 5.41) is 11.9. The second-order valence-electron chi connectivity index (χ2n) is 4.20. The molecule has 1 fully saturated rings. The molecule has 0 bridgehead atoms. The highest BCUT2D eigenvalue weighted by atomic mass is 16.4. The van der Waals surface area contributed by atoms with Crippen molar-refractivity contribution < 1.29 is 9.90 Å². The molecule has 3 heteroatoms. The van der Waals surface area contributed by atoms with E-state index in [-0.39, 0.29) is 0 Å². The van der Waals surface area contributed by atoms with Gasteiger partial charge in [-0.15, -0.1) is 0 Å². The van der Waals surface area contributed by atoms with Gasteiger partial charge in [0.1, 0.15) is 5.54 Å². The van der Waals surface area contributed by atoms with Gasteiger partial charge in [-0.25, -0.2) is 0 Å². The lowest BCUT2D eigenvalue weighted by molar-refractivity contribution is -0.143. The maximum absolute atomic E-state index is 10.7. The summed E-state index contributed by atoms with van der Waals surface area (Å²) in [6.45, 7) is 5.46. The minimum absolute atomic E-state index is 0.330. The van der Waals surface area contributed by atoms with Crippen LogP contribution in [0.3, 0.4) is 0 Å². The Morgan fingerprint density at radius 2 is 2.08 bits per heavy atom. The molecule has 1 aliphatic carbocycles. The van der Waals surface area contributed by atoms with Gasteiger partial charge >= 0.3 is 5.97 Å². The lowest BCUT2D eigenvalue weighted by Crippen LogP contribution is -2.51. The summed E-state index contributed by atoms with van der Waals surface area (Å²) in [5.74, 6) is -0.0846. The molecule has 1 atom stereocenters. The van der Waals surface area contributed by atoms with E-state index in [0.29, 0.717) is 12.0 Å². The van der Waals surface area contributed by atoms with Crippen LogP contribution in [-0.2, 0) is 4.79 Å². The highest BCUT2D eigenvalue weighted by Crippen LogP contribution is 2.33. The van der Waals surface area contributed by atoms with E-state index < -0.39 is 11.5 Å². The van der Waals surface area contributed by atoms with E-state index in [9.17, 15) is 4.79 Å². The molecular formula is C9H17NO2. The Kier molecular flexibility index (Phi) is 2.42. The van der Waals surface area contributed by atoms with Crippen molar-refractivity contribution in [3.63, 3.8) is 0 Å². The first-order chi connectivity index (χ1) is 5.43. The predicted molar refractivity (Wildman–Crippen MR) is 47.0 cm³/mol. The van der Waals surface area contributed by atoms with Crippen molar-refractivity contribution in [2.75, 3.05) is 0 Å². The summed E-state index contributed by atoms with van der Waals surface area (Å²) in [7, 11) is 0. The van der Waals surface area contributed by atoms with E-state index in [4.69, 9.17) is 5.11 Å². The van der Waals surface area contributed by atoms with Crippen LogP contribution < -0.4 is 5.32 Å². The average molecular weight is 171 g/mol. The highest BCUT2D eigenvalue weighted by molar-refractivity contribution is 5.77. The maximum Gasteiger partial charge on any atom is 0.323 e. The summed E-state index contributed by atoms with van der Waals surface area (Å²) >= 11 is 0. The molecule has 0 spiro atoms. The van der Waals surface area contributed by atoms with E-state index >= 15 is 0 Å². The lowest BCUT2D eigenvalue weighted by atomic mass is 10.0. The number of carbonyl (C=O) groups is 1. The third kappa shape index (κ3) is 2.21. The fourth-order valence-corrected chi connectivity index (χ4v) is 1.34. The van der Waals surface area contributed by atoms with Crippen molar-refractivity contribution in [3.05, 3.63) is 0 Å². The van der Waals surface area contributed by atoms with E-state index in [1.807, 2.05) is 0 Å².